The first-order valence-electron chi connectivity index (χ1n) is 7.63. The topological polar surface area (TPSA) is 44.8 Å². The van der Waals surface area contributed by atoms with Crippen LogP contribution in [0.25, 0.3) is 0 Å². The highest BCUT2D eigenvalue weighted by Crippen LogP contribution is 2.37. The summed E-state index contributed by atoms with van der Waals surface area (Å²) in [4.78, 5) is 12.0. The lowest BCUT2D eigenvalue weighted by atomic mass is 9.90. The van der Waals surface area contributed by atoms with Gasteiger partial charge in [0, 0.05) is 10.6 Å². The van der Waals surface area contributed by atoms with E-state index in [0.29, 0.717) is 17.2 Å². The zero-order chi connectivity index (χ0) is 17.0. The van der Waals surface area contributed by atoms with Crippen LogP contribution in [-0.4, -0.2) is 33.1 Å². The quantitative estimate of drug-likeness (QED) is 0.617. The van der Waals surface area contributed by atoms with Crippen molar-refractivity contribution in [3.63, 3.8) is 0 Å². The van der Waals surface area contributed by atoms with Gasteiger partial charge in [-0.05, 0) is 30.6 Å². The van der Waals surface area contributed by atoms with Crippen molar-refractivity contribution in [3.8, 4) is 0 Å². The molecule has 3 rings (SSSR count). The van der Waals surface area contributed by atoms with E-state index in [4.69, 9.17) is 33.7 Å². The molecule has 0 N–H and O–H groups in total. The van der Waals surface area contributed by atoms with Crippen molar-refractivity contribution >= 4 is 25.4 Å². The second-order valence-corrected chi connectivity index (χ2v) is 5.92. The van der Waals surface area contributed by atoms with Gasteiger partial charge in [0.15, 0.2) is 5.79 Å². The monoisotopic (exact) mass is 342 g/mol. The molecule has 2 radical (unpaired) electrons. The number of hydrogen-bond donors (Lipinski definition) is 0. The standard InChI is InChI=1S/C18H16BClO4/c19-12-18(14-6-8-15(20)9-7-14)23-11-16(24-18)10-22-17(21)13-4-2-1-3-5-13/h1-9,16H,10-12H2/t16-,18+/m1/s1. The van der Waals surface area contributed by atoms with E-state index >= 15 is 0 Å². The largest absolute Gasteiger partial charge is 0.459 e. The molecule has 0 aromatic heterocycles. The number of rotatable bonds is 5. The van der Waals surface area contributed by atoms with E-state index < -0.39 is 11.8 Å². The Morgan fingerprint density at radius 2 is 1.92 bits per heavy atom. The molecule has 0 saturated carbocycles. The Morgan fingerprint density at radius 1 is 1.21 bits per heavy atom. The molecular formula is C18H16BClO4. The lowest BCUT2D eigenvalue weighted by Gasteiger charge is -2.27. The van der Waals surface area contributed by atoms with E-state index in [2.05, 4.69) is 0 Å². The van der Waals surface area contributed by atoms with Crippen LogP contribution in [0, 0.1) is 0 Å². The summed E-state index contributed by atoms with van der Waals surface area (Å²) in [6.45, 7) is 0.394. The molecule has 1 aliphatic rings. The van der Waals surface area contributed by atoms with Crippen LogP contribution in [0.2, 0.25) is 11.3 Å². The molecule has 122 valence electrons. The van der Waals surface area contributed by atoms with Gasteiger partial charge in [-0.25, -0.2) is 4.79 Å². The lowest BCUT2D eigenvalue weighted by Crippen LogP contribution is -2.29. The van der Waals surface area contributed by atoms with Crippen LogP contribution in [0.4, 0.5) is 0 Å². The smallest absolute Gasteiger partial charge is 0.338 e. The highest BCUT2D eigenvalue weighted by Gasteiger charge is 2.41. The molecule has 2 aromatic rings. The molecule has 24 heavy (non-hydrogen) atoms. The zero-order valence-electron chi connectivity index (χ0n) is 13.0. The lowest BCUT2D eigenvalue weighted by molar-refractivity contribution is -0.164. The van der Waals surface area contributed by atoms with E-state index in [0.717, 1.165) is 5.56 Å². The van der Waals surface area contributed by atoms with Crippen LogP contribution in [0.5, 0.6) is 0 Å². The molecule has 1 heterocycles. The van der Waals surface area contributed by atoms with Crippen molar-refractivity contribution in [3.05, 3.63) is 70.7 Å². The van der Waals surface area contributed by atoms with Crippen LogP contribution in [0.3, 0.4) is 0 Å². The predicted octanol–water partition coefficient (Wildman–Crippen LogP) is 3.35. The van der Waals surface area contributed by atoms with Crippen LogP contribution in [0.1, 0.15) is 15.9 Å². The SMILES string of the molecule is [B]C[C@]1(c2ccc(Cl)cc2)OC[C@@H](COC(=O)c2ccccc2)O1. The Morgan fingerprint density at radius 3 is 2.58 bits per heavy atom. The second kappa shape index (κ2) is 7.39. The first-order valence-corrected chi connectivity index (χ1v) is 8.01. The maximum Gasteiger partial charge on any atom is 0.338 e. The molecular weight excluding hydrogens is 326 g/mol. The number of benzene rings is 2. The Kier molecular flexibility index (Phi) is 5.24. The summed E-state index contributed by atoms with van der Waals surface area (Å²) in [5, 5.41) is 0.622. The first kappa shape index (κ1) is 17.0. The second-order valence-electron chi connectivity index (χ2n) is 5.48. The molecule has 2 aromatic carbocycles. The third-order valence-electron chi connectivity index (χ3n) is 3.82. The van der Waals surface area contributed by atoms with Gasteiger partial charge in [-0.15, -0.1) is 0 Å². The van der Waals surface area contributed by atoms with Crippen molar-refractivity contribution < 1.29 is 19.0 Å². The third kappa shape index (κ3) is 3.64. The molecule has 4 nitrogen and oxygen atoms in total. The minimum absolute atomic E-state index is 0.100. The van der Waals surface area contributed by atoms with Crippen molar-refractivity contribution in [2.24, 2.45) is 0 Å². The average Bonchev–Trinajstić information content (AvgIpc) is 3.06. The summed E-state index contributed by atoms with van der Waals surface area (Å²) in [6.07, 6.45) is -0.227. The summed E-state index contributed by atoms with van der Waals surface area (Å²) in [5.74, 6) is -1.43. The van der Waals surface area contributed by atoms with E-state index in [9.17, 15) is 4.79 Å². The van der Waals surface area contributed by atoms with Gasteiger partial charge >= 0.3 is 5.97 Å². The van der Waals surface area contributed by atoms with Gasteiger partial charge in [0.2, 0.25) is 0 Å². The number of esters is 1. The summed E-state index contributed by atoms with van der Waals surface area (Å²) in [6, 6.07) is 15.9. The van der Waals surface area contributed by atoms with Crippen molar-refractivity contribution in [2.45, 2.75) is 18.2 Å². The molecule has 0 aliphatic carbocycles. The highest BCUT2D eigenvalue weighted by molar-refractivity contribution is 6.30. The Hall–Kier alpha value is -1.82. The fourth-order valence-electron chi connectivity index (χ4n) is 2.55. The number of ether oxygens (including phenoxy) is 3. The number of hydrogen-bond acceptors (Lipinski definition) is 4. The third-order valence-corrected chi connectivity index (χ3v) is 4.07. The van der Waals surface area contributed by atoms with E-state index in [-0.39, 0.29) is 19.0 Å². The van der Waals surface area contributed by atoms with Crippen LogP contribution in [0.15, 0.2) is 54.6 Å². The summed E-state index contributed by atoms with van der Waals surface area (Å²) >= 11 is 5.91. The van der Waals surface area contributed by atoms with E-state index in [1.807, 2.05) is 18.2 Å². The Bertz CT molecular complexity index is 692. The van der Waals surface area contributed by atoms with Crippen LogP contribution >= 0.6 is 11.6 Å². The van der Waals surface area contributed by atoms with Gasteiger partial charge in [0.1, 0.15) is 12.7 Å². The average molecular weight is 343 g/mol. The fourth-order valence-corrected chi connectivity index (χ4v) is 2.68. The Balaban J connectivity index is 1.62. The van der Waals surface area contributed by atoms with E-state index in [1.54, 1.807) is 36.4 Å². The molecule has 0 bridgehead atoms. The molecule has 0 amide bonds. The number of carbonyl (C=O) groups excluding carboxylic acids is 1. The predicted molar refractivity (Wildman–Crippen MR) is 91.2 cm³/mol. The maximum atomic E-state index is 12.0. The number of halogens is 1. The first-order chi connectivity index (χ1) is 11.6. The van der Waals surface area contributed by atoms with Crippen molar-refractivity contribution in [2.75, 3.05) is 13.2 Å². The van der Waals surface area contributed by atoms with Crippen LogP contribution < -0.4 is 0 Å². The molecule has 0 spiro atoms. The summed E-state index contributed by atoms with van der Waals surface area (Å²) in [5.41, 5.74) is 1.28. The van der Waals surface area contributed by atoms with Crippen molar-refractivity contribution in [1.29, 1.82) is 0 Å². The zero-order valence-corrected chi connectivity index (χ0v) is 13.7. The minimum atomic E-state index is -1.03. The molecule has 1 fully saturated rings. The molecule has 0 unspecified atom stereocenters. The number of carbonyl (C=O) groups is 1. The summed E-state index contributed by atoms with van der Waals surface area (Å²) in [7, 11) is 5.86. The van der Waals surface area contributed by atoms with Gasteiger partial charge in [-0.2, -0.15) is 0 Å². The highest BCUT2D eigenvalue weighted by atomic mass is 35.5. The van der Waals surface area contributed by atoms with Crippen molar-refractivity contribution in [1.82, 2.24) is 0 Å². The normalized spacial score (nSPS) is 23.1. The maximum absolute atomic E-state index is 12.0. The molecule has 1 aliphatic heterocycles. The minimum Gasteiger partial charge on any atom is -0.459 e. The van der Waals surface area contributed by atoms with Crippen LogP contribution in [-0.2, 0) is 20.0 Å². The molecule has 6 heteroatoms. The van der Waals surface area contributed by atoms with Gasteiger partial charge in [0.25, 0.3) is 0 Å². The molecule has 2 atom stereocenters. The Labute approximate surface area is 147 Å². The van der Waals surface area contributed by atoms with Gasteiger partial charge in [-0.3, -0.25) is 0 Å². The molecule has 1 saturated heterocycles. The summed E-state index contributed by atoms with van der Waals surface area (Å²) < 4.78 is 17.0. The van der Waals surface area contributed by atoms with Gasteiger partial charge in [0.05, 0.1) is 20.0 Å². The van der Waals surface area contributed by atoms with Gasteiger partial charge < -0.3 is 14.2 Å². The fraction of sp³-hybridized carbons (Fsp3) is 0.278. The van der Waals surface area contributed by atoms with Gasteiger partial charge in [-0.1, -0.05) is 41.9 Å². The van der Waals surface area contributed by atoms with E-state index in [1.165, 1.54) is 0 Å².